The van der Waals surface area contributed by atoms with Crippen LogP contribution in [0.5, 0.6) is 0 Å². The number of hydrogen-bond donors (Lipinski definition) is 2. The molecule has 30 heavy (non-hydrogen) atoms. The van der Waals surface area contributed by atoms with E-state index in [1.807, 2.05) is 0 Å². The summed E-state index contributed by atoms with van der Waals surface area (Å²) in [5, 5.41) is 17.0. The summed E-state index contributed by atoms with van der Waals surface area (Å²) in [5.74, 6) is -2.51. The summed E-state index contributed by atoms with van der Waals surface area (Å²) in [7, 11) is 4.27. The highest BCUT2D eigenvalue weighted by molar-refractivity contribution is 5.89. The zero-order chi connectivity index (χ0) is 22.3. The first-order valence-corrected chi connectivity index (χ1v) is 10.2. The maximum Gasteiger partial charge on any atom is 0.328 e. The van der Waals surface area contributed by atoms with Crippen LogP contribution in [-0.4, -0.2) is 58.9 Å². The van der Waals surface area contributed by atoms with Crippen molar-refractivity contribution in [2.45, 2.75) is 45.3 Å². The lowest BCUT2D eigenvalue weighted by molar-refractivity contribution is -0.134. The van der Waals surface area contributed by atoms with Gasteiger partial charge in [-0.1, -0.05) is 25.1 Å². The number of benzene rings is 1. The Bertz CT molecular complexity index is 900. The monoisotopic (exact) mass is 416 g/mol. The van der Waals surface area contributed by atoms with Crippen molar-refractivity contribution in [2.24, 2.45) is 0 Å². The van der Waals surface area contributed by atoms with Crippen molar-refractivity contribution >= 4 is 22.8 Å². The van der Waals surface area contributed by atoms with Crippen molar-refractivity contribution in [1.82, 2.24) is 9.47 Å². The van der Waals surface area contributed by atoms with Crippen LogP contribution in [0.2, 0.25) is 0 Å². The van der Waals surface area contributed by atoms with Gasteiger partial charge in [0.05, 0.1) is 12.3 Å². The van der Waals surface area contributed by atoms with Gasteiger partial charge >= 0.3 is 11.9 Å². The first kappa shape index (κ1) is 23.6. The van der Waals surface area contributed by atoms with Gasteiger partial charge in [-0.15, -0.1) is 0 Å². The number of fused-ring (bicyclic) bond motifs is 3. The van der Waals surface area contributed by atoms with Gasteiger partial charge in [0.1, 0.15) is 5.60 Å². The Labute approximate surface area is 177 Å². The van der Waals surface area contributed by atoms with Crippen LogP contribution in [0.3, 0.4) is 0 Å². The van der Waals surface area contributed by atoms with Gasteiger partial charge in [-0.2, -0.15) is 0 Å². The van der Waals surface area contributed by atoms with Crippen molar-refractivity contribution in [3.05, 3.63) is 47.7 Å². The van der Waals surface area contributed by atoms with E-state index in [2.05, 4.69) is 61.7 Å². The second-order valence-corrected chi connectivity index (χ2v) is 7.89. The molecule has 0 saturated carbocycles. The Morgan fingerprint density at radius 1 is 1.20 bits per heavy atom. The maximum atomic E-state index is 9.55. The molecule has 0 radical (unpaired) electrons. The summed E-state index contributed by atoms with van der Waals surface area (Å²) >= 11 is 0. The molecule has 0 bridgehead atoms. The fraction of sp³-hybridized carbons (Fsp3) is 0.478. The Hall–Kier alpha value is -2.64. The number of para-hydroxylation sites is 1. The van der Waals surface area contributed by atoms with E-state index >= 15 is 0 Å². The third-order valence-electron chi connectivity index (χ3n) is 5.20. The summed E-state index contributed by atoms with van der Waals surface area (Å²) in [6.45, 7) is 7.47. The number of carbonyl (C=O) groups is 2. The first-order chi connectivity index (χ1) is 14.2. The molecule has 0 aliphatic carbocycles. The van der Waals surface area contributed by atoms with Gasteiger partial charge in [-0.25, -0.2) is 9.59 Å². The van der Waals surface area contributed by atoms with Crippen LogP contribution in [0.25, 0.3) is 10.9 Å². The standard InChI is InChI=1S/C19H28N2O.C4H4O4/c1-5-12-21-17-9-7-6-8-15(17)16-10-14-22-19(2,18(16)21)11-13-20(3)4;5-3(6)1-2-4(7)8/h6-9H,5,10-14H2,1-4H3;1-2H,(H,5,6)(H,7,8)/b;2-1+. The Kier molecular flexibility index (Phi) is 8.20. The van der Waals surface area contributed by atoms with Crippen molar-refractivity contribution < 1.29 is 24.5 Å². The van der Waals surface area contributed by atoms with Gasteiger partial charge in [0, 0.05) is 36.1 Å². The Morgan fingerprint density at radius 3 is 2.40 bits per heavy atom. The van der Waals surface area contributed by atoms with Crippen molar-refractivity contribution in [3.63, 3.8) is 0 Å². The molecule has 2 aromatic rings. The van der Waals surface area contributed by atoms with Gasteiger partial charge in [0.15, 0.2) is 0 Å². The fourth-order valence-electron chi connectivity index (χ4n) is 3.91. The lowest BCUT2D eigenvalue weighted by Gasteiger charge is -2.37. The normalized spacial score (nSPS) is 18.3. The summed E-state index contributed by atoms with van der Waals surface area (Å²) in [6.07, 6.45) is 4.33. The second kappa shape index (κ2) is 10.4. The number of aryl methyl sites for hydroxylation is 1. The number of rotatable bonds is 7. The fourth-order valence-corrected chi connectivity index (χ4v) is 3.91. The number of carboxylic acid groups (broad SMARTS) is 2. The molecule has 164 valence electrons. The molecule has 1 unspecified atom stereocenters. The van der Waals surface area contributed by atoms with Crippen molar-refractivity contribution in [2.75, 3.05) is 27.2 Å². The SMILES string of the molecule is CCCn1c2c(c3ccccc31)CCOC2(C)CCN(C)C.O=C(O)/C=C/C(=O)O. The largest absolute Gasteiger partial charge is 0.478 e. The summed E-state index contributed by atoms with van der Waals surface area (Å²) in [5.41, 5.74) is 4.13. The summed E-state index contributed by atoms with van der Waals surface area (Å²) in [4.78, 5) is 21.4. The molecule has 2 heterocycles. The lowest BCUT2D eigenvalue weighted by atomic mass is 9.89. The highest BCUT2D eigenvalue weighted by atomic mass is 16.5. The van der Waals surface area contributed by atoms with Crippen LogP contribution in [0.1, 0.15) is 37.9 Å². The van der Waals surface area contributed by atoms with Gasteiger partial charge < -0.3 is 24.4 Å². The van der Waals surface area contributed by atoms with Crippen LogP contribution in [0.15, 0.2) is 36.4 Å². The quantitative estimate of drug-likeness (QED) is 0.671. The van der Waals surface area contributed by atoms with Crippen LogP contribution < -0.4 is 0 Å². The molecule has 1 atom stereocenters. The number of ether oxygens (including phenoxy) is 1. The Balaban J connectivity index is 0.000000343. The van der Waals surface area contributed by atoms with E-state index in [-0.39, 0.29) is 5.60 Å². The first-order valence-electron chi connectivity index (χ1n) is 10.2. The summed E-state index contributed by atoms with van der Waals surface area (Å²) in [6, 6.07) is 8.84. The van der Waals surface area contributed by atoms with Gasteiger partial charge in [0.2, 0.25) is 0 Å². The van der Waals surface area contributed by atoms with Crippen LogP contribution in [0, 0.1) is 0 Å². The van der Waals surface area contributed by atoms with Crippen molar-refractivity contribution in [1.29, 1.82) is 0 Å². The van der Waals surface area contributed by atoms with Gasteiger partial charge in [0.25, 0.3) is 0 Å². The molecule has 1 aromatic carbocycles. The van der Waals surface area contributed by atoms with Crippen molar-refractivity contribution in [3.8, 4) is 0 Å². The number of hydrogen-bond acceptors (Lipinski definition) is 4. The third kappa shape index (κ3) is 5.70. The lowest BCUT2D eigenvalue weighted by Crippen LogP contribution is -2.37. The average Bonchev–Trinajstić information content (AvgIpc) is 3.02. The molecule has 0 fully saturated rings. The van der Waals surface area contributed by atoms with E-state index in [0.29, 0.717) is 12.2 Å². The zero-order valence-electron chi connectivity index (χ0n) is 18.2. The molecule has 0 spiro atoms. The van der Waals surface area contributed by atoms with E-state index in [1.165, 1.54) is 22.2 Å². The highest BCUT2D eigenvalue weighted by Crippen LogP contribution is 2.41. The number of carboxylic acids is 2. The molecule has 0 saturated heterocycles. The molecule has 7 nitrogen and oxygen atoms in total. The minimum atomic E-state index is -1.26. The predicted molar refractivity (Wildman–Crippen MR) is 117 cm³/mol. The van der Waals surface area contributed by atoms with Crippen LogP contribution in [0.4, 0.5) is 0 Å². The molecular formula is C23H32N2O5. The van der Waals surface area contributed by atoms with E-state index < -0.39 is 11.9 Å². The van der Waals surface area contributed by atoms with Crippen LogP contribution in [-0.2, 0) is 32.9 Å². The molecular weight excluding hydrogens is 384 g/mol. The molecule has 1 aliphatic heterocycles. The predicted octanol–water partition coefficient (Wildman–Crippen LogP) is 3.50. The highest BCUT2D eigenvalue weighted by Gasteiger charge is 2.37. The molecule has 7 heteroatoms. The molecule has 1 aliphatic rings. The smallest absolute Gasteiger partial charge is 0.328 e. The molecule has 0 amide bonds. The van der Waals surface area contributed by atoms with Gasteiger partial charge in [-0.3, -0.25) is 0 Å². The molecule has 1 aromatic heterocycles. The van der Waals surface area contributed by atoms with E-state index in [0.717, 1.165) is 39.0 Å². The zero-order valence-corrected chi connectivity index (χ0v) is 18.2. The second-order valence-electron chi connectivity index (χ2n) is 7.89. The minimum Gasteiger partial charge on any atom is -0.478 e. The topological polar surface area (TPSA) is 92.0 Å². The Morgan fingerprint density at radius 2 is 1.83 bits per heavy atom. The molecule has 2 N–H and O–H groups in total. The van der Waals surface area contributed by atoms with E-state index in [4.69, 9.17) is 14.9 Å². The number of aromatic nitrogens is 1. The third-order valence-corrected chi connectivity index (χ3v) is 5.20. The van der Waals surface area contributed by atoms with E-state index in [1.54, 1.807) is 0 Å². The number of aliphatic carboxylic acids is 2. The average molecular weight is 417 g/mol. The minimum absolute atomic E-state index is 0.175. The summed E-state index contributed by atoms with van der Waals surface area (Å²) < 4.78 is 8.82. The van der Waals surface area contributed by atoms with Crippen LogP contribution >= 0.6 is 0 Å². The number of nitrogens with zero attached hydrogens (tertiary/aromatic N) is 2. The molecule has 3 rings (SSSR count). The maximum absolute atomic E-state index is 9.55. The van der Waals surface area contributed by atoms with E-state index in [9.17, 15) is 9.59 Å². The van der Waals surface area contributed by atoms with Gasteiger partial charge in [-0.05, 0) is 51.9 Å².